The molecule has 0 aliphatic heterocycles. The van der Waals surface area contributed by atoms with Crippen LogP contribution in [0.15, 0.2) is 18.2 Å². The van der Waals surface area contributed by atoms with Crippen molar-refractivity contribution in [2.24, 2.45) is 0 Å². The van der Waals surface area contributed by atoms with Gasteiger partial charge in [0.15, 0.2) is 6.29 Å². The Kier molecular flexibility index (Phi) is 2.35. The molecular formula is C11H10O2S. The summed E-state index contributed by atoms with van der Waals surface area (Å²) in [5.74, 6) is 0. The molecule has 0 amide bonds. The molecule has 0 aliphatic carbocycles. The van der Waals surface area contributed by atoms with Crippen LogP contribution < -0.4 is 0 Å². The molecule has 2 rings (SSSR count). The van der Waals surface area contributed by atoms with E-state index in [0.717, 1.165) is 32.4 Å². The second kappa shape index (κ2) is 3.52. The SMILES string of the molecule is Cc1ccc2cc(CO)sc2c1C=O. The number of carbonyl (C=O) groups excluding carboxylic acids is 1. The number of aliphatic hydroxyl groups is 1. The molecule has 1 aromatic heterocycles. The van der Waals surface area contributed by atoms with Gasteiger partial charge >= 0.3 is 0 Å². The third-order valence-electron chi connectivity index (χ3n) is 2.27. The molecule has 3 heteroatoms. The van der Waals surface area contributed by atoms with Crippen molar-refractivity contribution >= 4 is 27.7 Å². The molecule has 0 radical (unpaired) electrons. The highest BCUT2D eigenvalue weighted by Gasteiger charge is 2.07. The van der Waals surface area contributed by atoms with Gasteiger partial charge in [0, 0.05) is 15.1 Å². The predicted molar refractivity (Wildman–Crippen MR) is 57.9 cm³/mol. The number of rotatable bonds is 2. The summed E-state index contributed by atoms with van der Waals surface area (Å²) in [5, 5.41) is 10.0. The maximum atomic E-state index is 10.9. The Morgan fingerprint density at radius 3 is 2.93 bits per heavy atom. The van der Waals surface area contributed by atoms with E-state index >= 15 is 0 Å². The monoisotopic (exact) mass is 206 g/mol. The van der Waals surface area contributed by atoms with Crippen molar-refractivity contribution in [2.75, 3.05) is 0 Å². The Bertz CT molecular complexity index is 485. The van der Waals surface area contributed by atoms with Crippen LogP contribution in [0, 0.1) is 6.92 Å². The standard InChI is InChI=1S/C11H10O2S/c1-7-2-3-8-4-9(5-12)14-11(8)10(7)6-13/h2-4,6,12H,5H2,1H3. The highest BCUT2D eigenvalue weighted by molar-refractivity contribution is 7.19. The van der Waals surface area contributed by atoms with Crippen LogP contribution in [0.5, 0.6) is 0 Å². The molecule has 0 saturated heterocycles. The second-order valence-electron chi connectivity index (χ2n) is 3.20. The number of benzene rings is 1. The van der Waals surface area contributed by atoms with Gasteiger partial charge in [0.2, 0.25) is 0 Å². The summed E-state index contributed by atoms with van der Waals surface area (Å²) in [6.45, 7) is 1.96. The van der Waals surface area contributed by atoms with Gasteiger partial charge in [-0.3, -0.25) is 4.79 Å². The predicted octanol–water partition coefficient (Wildman–Crippen LogP) is 2.51. The molecule has 72 valence electrons. The van der Waals surface area contributed by atoms with Crippen molar-refractivity contribution in [3.8, 4) is 0 Å². The molecule has 1 aromatic carbocycles. The first-order chi connectivity index (χ1) is 6.76. The normalized spacial score (nSPS) is 10.7. The lowest BCUT2D eigenvalue weighted by Crippen LogP contribution is -1.84. The third-order valence-corrected chi connectivity index (χ3v) is 3.44. The fourth-order valence-corrected chi connectivity index (χ4v) is 2.58. The summed E-state index contributed by atoms with van der Waals surface area (Å²) in [7, 11) is 0. The Labute approximate surface area is 85.8 Å². The quantitative estimate of drug-likeness (QED) is 0.766. The molecule has 1 heterocycles. The molecule has 2 aromatic rings. The van der Waals surface area contributed by atoms with Gasteiger partial charge < -0.3 is 5.11 Å². The Balaban J connectivity index is 2.79. The van der Waals surface area contributed by atoms with Gasteiger partial charge in [0.1, 0.15) is 0 Å². The van der Waals surface area contributed by atoms with E-state index in [1.165, 1.54) is 11.3 Å². The third kappa shape index (κ3) is 1.35. The average molecular weight is 206 g/mol. The van der Waals surface area contributed by atoms with Crippen LogP contribution in [0.3, 0.4) is 0 Å². The number of hydrogen-bond donors (Lipinski definition) is 1. The van der Waals surface area contributed by atoms with E-state index in [4.69, 9.17) is 5.11 Å². The first kappa shape index (κ1) is 9.37. The largest absolute Gasteiger partial charge is 0.391 e. The summed E-state index contributed by atoms with van der Waals surface area (Å²) in [5.41, 5.74) is 1.73. The first-order valence-electron chi connectivity index (χ1n) is 4.34. The molecule has 0 unspecified atom stereocenters. The highest BCUT2D eigenvalue weighted by Crippen LogP contribution is 2.29. The lowest BCUT2D eigenvalue weighted by molar-refractivity contribution is 0.112. The van der Waals surface area contributed by atoms with Gasteiger partial charge in [-0.05, 0) is 23.9 Å². The van der Waals surface area contributed by atoms with Gasteiger partial charge in [-0.2, -0.15) is 0 Å². The van der Waals surface area contributed by atoms with E-state index in [1.54, 1.807) is 0 Å². The van der Waals surface area contributed by atoms with E-state index < -0.39 is 0 Å². The van der Waals surface area contributed by atoms with Gasteiger partial charge in [0.05, 0.1) is 6.61 Å². The maximum Gasteiger partial charge on any atom is 0.151 e. The van der Waals surface area contributed by atoms with Crippen LogP contribution in [0.25, 0.3) is 10.1 Å². The summed E-state index contributed by atoms with van der Waals surface area (Å²) >= 11 is 1.48. The maximum absolute atomic E-state index is 10.9. The van der Waals surface area contributed by atoms with E-state index in [1.807, 2.05) is 25.1 Å². The van der Waals surface area contributed by atoms with Gasteiger partial charge in [-0.25, -0.2) is 0 Å². The summed E-state index contributed by atoms with van der Waals surface area (Å²) < 4.78 is 0.976. The topological polar surface area (TPSA) is 37.3 Å². The van der Waals surface area contributed by atoms with Crippen molar-refractivity contribution in [1.29, 1.82) is 0 Å². The molecule has 2 nitrogen and oxygen atoms in total. The minimum Gasteiger partial charge on any atom is -0.391 e. The zero-order valence-corrected chi connectivity index (χ0v) is 8.60. The van der Waals surface area contributed by atoms with Crippen molar-refractivity contribution in [1.82, 2.24) is 0 Å². The van der Waals surface area contributed by atoms with Crippen LogP contribution in [0.4, 0.5) is 0 Å². The lowest BCUT2D eigenvalue weighted by Gasteiger charge is -1.98. The molecular weight excluding hydrogens is 196 g/mol. The fourth-order valence-electron chi connectivity index (χ4n) is 1.50. The summed E-state index contributed by atoms with van der Waals surface area (Å²) in [6.07, 6.45) is 0.884. The van der Waals surface area contributed by atoms with E-state index in [2.05, 4.69) is 0 Å². The molecule has 0 fully saturated rings. The second-order valence-corrected chi connectivity index (χ2v) is 4.34. The number of aryl methyl sites for hydroxylation is 1. The van der Waals surface area contributed by atoms with E-state index in [9.17, 15) is 4.79 Å². The molecule has 0 saturated carbocycles. The van der Waals surface area contributed by atoms with Crippen LogP contribution in [0.2, 0.25) is 0 Å². The Morgan fingerprint density at radius 2 is 2.29 bits per heavy atom. The summed E-state index contributed by atoms with van der Waals surface area (Å²) in [4.78, 5) is 11.8. The molecule has 0 bridgehead atoms. The van der Waals surface area contributed by atoms with Crippen LogP contribution in [-0.4, -0.2) is 11.4 Å². The van der Waals surface area contributed by atoms with E-state index in [-0.39, 0.29) is 6.61 Å². The smallest absolute Gasteiger partial charge is 0.151 e. The van der Waals surface area contributed by atoms with Crippen LogP contribution in [0.1, 0.15) is 20.8 Å². The molecule has 0 atom stereocenters. The zero-order valence-electron chi connectivity index (χ0n) is 7.78. The molecule has 0 aliphatic rings. The van der Waals surface area contributed by atoms with Gasteiger partial charge in [-0.1, -0.05) is 12.1 Å². The Morgan fingerprint density at radius 1 is 1.50 bits per heavy atom. The van der Waals surface area contributed by atoms with E-state index in [0.29, 0.717) is 0 Å². The van der Waals surface area contributed by atoms with Crippen molar-refractivity contribution in [3.63, 3.8) is 0 Å². The Hall–Kier alpha value is -1.19. The fraction of sp³-hybridized carbons (Fsp3) is 0.182. The number of aliphatic hydroxyl groups excluding tert-OH is 1. The zero-order chi connectivity index (χ0) is 10.1. The first-order valence-corrected chi connectivity index (χ1v) is 5.16. The highest BCUT2D eigenvalue weighted by atomic mass is 32.1. The van der Waals surface area contributed by atoms with Crippen molar-refractivity contribution in [3.05, 3.63) is 34.2 Å². The number of hydrogen-bond acceptors (Lipinski definition) is 3. The van der Waals surface area contributed by atoms with Crippen molar-refractivity contribution in [2.45, 2.75) is 13.5 Å². The number of thiophene rings is 1. The van der Waals surface area contributed by atoms with Crippen LogP contribution in [-0.2, 0) is 6.61 Å². The number of carbonyl (C=O) groups is 1. The van der Waals surface area contributed by atoms with Crippen LogP contribution >= 0.6 is 11.3 Å². The molecule has 14 heavy (non-hydrogen) atoms. The molecule has 0 spiro atoms. The lowest BCUT2D eigenvalue weighted by atomic mass is 10.1. The van der Waals surface area contributed by atoms with Gasteiger partial charge in [0.25, 0.3) is 0 Å². The summed E-state index contributed by atoms with van der Waals surface area (Å²) in [6, 6.07) is 5.83. The molecule has 1 N–H and O–H groups in total. The minimum atomic E-state index is 0.0384. The average Bonchev–Trinajstić information content (AvgIpc) is 2.60. The van der Waals surface area contributed by atoms with Gasteiger partial charge in [-0.15, -0.1) is 11.3 Å². The van der Waals surface area contributed by atoms with Crippen molar-refractivity contribution < 1.29 is 9.90 Å². The number of aldehydes is 1. The number of fused-ring (bicyclic) bond motifs is 1. The minimum absolute atomic E-state index is 0.0384.